The third kappa shape index (κ3) is 3.08. The number of aryl methyl sites for hydroxylation is 1. The number of benzene rings is 1. The molecule has 1 unspecified atom stereocenters. The first-order valence-corrected chi connectivity index (χ1v) is 5.93. The maximum Gasteiger partial charge on any atom is 0.208 e. The van der Waals surface area contributed by atoms with Gasteiger partial charge in [0.25, 0.3) is 0 Å². The van der Waals surface area contributed by atoms with E-state index in [0.717, 1.165) is 16.3 Å². The van der Waals surface area contributed by atoms with Crippen LogP contribution in [0.5, 0.6) is 0 Å². The second kappa shape index (κ2) is 5.34. The molecule has 90 valence electrons. The Morgan fingerprint density at radius 3 is 2.82 bits per heavy atom. The average Bonchev–Trinajstić information content (AvgIpc) is 2.73. The van der Waals surface area contributed by atoms with Crippen molar-refractivity contribution >= 4 is 11.6 Å². The third-order valence-corrected chi connectivity index (χ3v) is 2.94. The molecule has 0 aliphatic heterocycles. The molecule has 0 bridgehead atoms. The van der Waals surface area contributed by atoms with E-state index in [-0.39, 0.29) is 6.04 Å². The lowest BCUT2D eigenvalue weighted by molar-refractivity contribution is 0.432. The summed E-state index contributed by atoms with van der Waals surface area (Å²) in [5, 5.41) is 4.10. The first-order chi connectivity index (χ1) is 8.16. The molecule has 1 aromatic carbocycles. The van der Waals surface area contributed by atoms with Crippen LogP contribution < -0.4 is 5.32 Å². The summed E-state index contributed by atoms with van der Waals surface area (Å²) in [5.74, 6) is 1.52. The fraction of sp³-hybridized carbons (Fsp3) is 0.308. The van der Waals surface area contributed by atoms with Gasteiger partial charge in [-0.15, -0.1) is 0 Å². The fourth-order valence-electron chi connectivity index (χ4n) is 1.66. The molecule has 2 rings (SSSR count). The third-order valence-electron chi connectivity index (χ3n) is 2.60. The number of rotatable bonds is 4. The van der Waals surface area contributed by atoms with Crippen LogP contribution in [0, 0.1) is 6.92 Å². The van der Waals surface area contributed by atoms with E-state index in [2.05, 4.69) is 17.2 Å². The number of hydrogen-bond acceptors (Lipinski definition) is 3. The van der Waals surface area contributed by atoms with E-state index in [1.807, 2.05) is 31.2 Å². The molecular weight excluding hydrogens is 236 g/mol. The molecule has 1 atom stereocenters. The summed E-state index contributed by atoms with van der Waals surface area (Å²) in [5.41, 5.74) is 1.08. The smallest absolute Gasteiger partial charge is 0.208 e. The summed E-state index contributed by atoms with van der Waals surface area (Å²) in [6, 6.07) is 7.98. The highest BCUT2D eigenvalue weighted by Crippen LogP contribution is 2.22. The molecule has 0 amide bonds. The summed E-state index contributed by atoms with van der Waals surface area (Å²) < 4.78 is 5.39. The van der Waals surface area contributed by atoms with Gasteiger partial charge in [0.15, 0.2) is 0 Å². The lowest BCUT2D eigenvalue weighted by atomic mass is 10.1. The van der Waals surface area contributed by atoms with Gasteiger partial charge in [-0.1, -0.05) is 29.8 Å². The van der Waals surface area contributed by atoms with Gasteiger partial charge in [-0.25, -0.2) is 4.98 Å². The van der Waals surface area contributed by atoms with Crippen LogP contribution in [-0.4, -0.2) is 4.98 Å². The molecule has 0 fully saturated rings. The molecule has 4 heteroatoms. The van der Waals surface area contributed by atoms with Crippen molar-refractivity contribution in [1.82, 2.24) is 10.3 Å². The molecule has 0 aliphatic carbocycles. The topological polar surface area (TPSA) is 38.1 Å². The Balaban J connectivity index is 1.98. The maximum atomic E-state index is 6.13. The Bertz CT molecular complexity index is 496. The number of nitrogens with zero attached hydrogens (tertiary/aromatic N) is 1. The van der Waals surface area contributed by atoms with Gasteiger partial charge in [-0.2, -0.15) is 0 Å². The largest absolute Gasteiger partial charge is 0.445 e. The van der Waals surface area contributed by atoms with Gasteiger partial charge in [0.2, 0.25) is 5.89 Å². The van der Waals surface area contributed by atoms with E-state index in [1.54, 1.807) is 6.20 Å². The Morgan fingerprint density at radius 2 is 2.18 bits per heavy atom. The number of aromatic nitrogens is 1. The Morgan fingerprint density at radius 1 is 1.41 bits per heavy atom. The molecule has 0 radical (unpaired) electrons. The predicted octanol–water partition coefficient (Wildman–Crippen LogP) is 3.49. The van der Waals surface area contributed by atoms with Crippen molar-refractivity contribution in [2.24, 2.45) is 0 Å². The molecular formula is C13H15ClN2O. The number of halogens is 1. The second-order valence-corrected chi connectivity index (χ2v) is 4.40. The molecule has 1 N–H and O–H groups in total. The zero-order valence-electron chi connectivity index (χ0n) is 9.90. The van der Waals surface area contributed by atoms with Crippen LogP contribution in [0.25, 0.3) is 0 Å². The van der Waals surface area contributed by atoms with E-state index in [9.17, 15) is 0 Å². The van der Waals surface area contributed by atoms with Gasteiger partial charge in [0, 0.05) is 11.1 Å². The number of nitrogens with one attached hydrogen (secondary N) is 1. The number of hydrogen-bond donors (Lipinski definition) is 1. The standard InChI is InChI=1S/C13H15ClN2O/c1-9-7-16-13(17-9)8-15-10(2)11-5-3-4-6-12(11)14/h3-7,10,15H,8H2,1-2H3. The molecule has 0 spiro atoms. The molecule has 0 saturated carbocycles. The summed E-state index contributed by atoms with van der Waals surface area (Å²) in [7, 11) is 0. The van der Waals surface area contributed by atoms with Crippen molar-refractivity contribution in [1.29, 1.82) is 0 Å². The van der Waals surface area contributed by atoms with Gasteiger partial charge in [-0.3, -0.25) is 0 Å². The maximum absolute atomic E-state index is 6.13. The molecule has 0 aliphatic rings. The Kier molecular flexibility index (Phi) is 3.82. The molecule has 0 saturated heterocycles. The van der Waals surface area contributed by atoms with Crippen LogP contribution in [0.1, 0.15) is 30.2 Å². The van der Waals surface area contributed by atoms with E-state index >= 15 is 0 Å². The lowest BCUT2D eigenvalue weighted by Crippen LogP contribution is -2.18. The van der Waals surface area contributed by atoms with Gasteiger partial charge in [0.05, 0.1) is 12.7 Å². The molecule has 17 heavy (non-hydrogen) atoms. The fourth-order valence-corrected chi connectivity index (χ4v) is 1.96. The molecule has 1 heterocycles. The van der Waals surface area contributed by atoms with Crippen molar-refractivity contribution in [2.45, 2.75) is 26.4 Å². The lowest BCUT2D eigenvalue weighted by Gasteiger charge is -2.14. The normalized spacial score (nSPS) is 12.6. The highest BCUT2D eigenvalue weighted by molar-refractivity contribution is 6.31. The van der Waals surface area contributed by atoms with Gasteiger partial charge >= 0.3 is 0 Å². The monoisotopic (exact) mass is 250 g/mol. The minimum absolute atomic E-state index is 0.163. The second-order valence-electron chi connectivity index (χ2n) is 3.99. The molecule has 3 nitrogen and oxygen atoms in total. The van der Waals surface area contributed by atoms with E-state index in [1.165, 1.54) is 0 Å². The molecule has 1 aromatic heterocycles. The van der Waals surface area contributed by atoms with Crippen molar-refractivity contribution in [3.05, 3.63) is 52.7 Å². The first kappa shape index (κ1) is 12.1. The van der Waals surface area contributed by atoms with Crippen LogP contribution in [0.2, 0.25) is 5.02 Å². The summed E-state index contributed by atoms with van der Waals surface area (Å²) in [6.45, 7) is 4.55. The highest BCUT2D eigenvalue weighted by atomic mass is 35.5. The predicted molar refractivity (Wildman–Crippen MR) is 67.9 cm³/mol. The van der Waals surface area contributed by atoms with E-state index < -0.39 is 0 Å². The van der Waals surface area contributed by atoms with Crippen molar-refractivity contribution < 1.29 is 4.42 Å². The van der Waals surface area contributed by atoms with Crippen molar-refractivity contribution in [2.75, 3.05) is 0 Å². The van der Waals surface area contributed by atoms with Crippen LogP contribution in [0.4, 0.5) is 0 Å². The van der Waals surface area contributed by atoms with Gasteiger partial charge in [0.1, 0.15) is 5.76 Å². The van der Waals surface area contributed by atoms with Crippen LogP contribution in [0.3, 0.4) is 0 Å². The highest BCUT2D eigenvalue weighted by Gasteiger charge is 2.09. The number of oxazole rings is 1. The van der Waals surface area contributed by atoms with Crippen LogP contribution in [-0.2, 0) is 6.54 Å². The average molecular weight is 251 g/mol. The summed E-state index contributed by atoms with van der Waals surface area (Å²) >= 11 is 6.13. The summed E-state index contributed by atoms with van der Waals surface area (Å²) in [4.78, 5) is 4.14. The zero-order chi connectivity index (χ0) is 12.3. The zero-order valence-corrected chi connectivity index (χ0v) is 10.7. The van der Waals surface area contributed by atoms with E-state index in [0.29, 0.717) is 12.4 Å². The minimum atomic E-state index is 0.163. The first-order valence-electron chi connectivity index (χ1n) is 5.56. The van der Waals surface area contributed by atoms with Crippen LogP contribution >= 0.6 is 11.6 Å². The van der Waals surface area contributed by atoms with Gasteiger partial charge < -0.3 is 9.73 Å². The van der Waals surface area contributed by atoms with Crippen molar-refractivity contribution in [3.8, 4) is 0 Å². The Hall–Kier alpha value is -1.32. The van der Waals surface area contributed by atoms with Crippen molar-refractivity contribution in [3.63, 3.8) is 0 Å². The van der Waals surface area contributed by atoms with Gasteiger partial charge in [-0.05, 0) is 25.5 Å². The summed E-state index contributed by atoms with van der Waals surface area (Å²) in [6.07, 6.45) is 1.72. The van der Waals surface area contributed by atoms with Crippen LogP contribution in [0.15, 0.2) is 34.9 Å². The SMILES string of the molecule is Cc1cnc(CNC(C)c2ccccc2Cl)o1. The quantitative estimate of drug-likeness (QED) is 0.903. The van der Waals surface area contributed by atoms with E-state index in [4.69, 9.17) is 16.0 Å². The minimum Gasteiger partial charge on any atom is -0.445 e. The molecule has 2 aromatic rings. The Labute approximate surface area is 106 Å².